The van der Waals surface area contributed by atoms with E-state index in [9.17, 15) is 4.79 Å². The van der Waals surface area contributed by atoms with Crippen molar-refractivity contribution in [2.45, 2.75) is 57.7 Å². The van der Waals surface area contributed by atoms with Gasteiger partial charge in [-0.1, -0.05) is 74.5 Å². The lowest BCUT2D eigenvalue weighted by molar-refractivity contribution is -0.143. The fraction of sp³-hybridized carbons (Fsp3) is 0.500. The average Bonchev–Trinajstić information content (AvgIpc) is 2.79. The lowest BCUT2D eigenvalue weighted by Gasteiger charge is -2.25. The van der Waals surface area contributed by atoms with Crippen LogP contribution in [0, 0.1) is 5.92 Å². The van der Waals surface area contributed by atoms with Crippen molar-refractivity contribution in [3.8, 4) is 0 Å². The molecule has 32 heavy (non-hydrogen) atoms. The minimum Gasteiger partial charge on any atom is -0.468 e. The minimum absolute atomic E-state index is 0. The number of nitrogens with one attached hydrogen (secondary N) is 2. The molecule has 0 aliphatic heterocycles. The second-order valence-electron chi connectivity index (χ2n) is 8.69. The van der Waals surface area contributed by atoms with Crippen LogP contribution in [0.5, 0.6) is 0 Å². The molecule has 0 radical (unpaired) electrons. The van der Waals surface area contributed by atoms with Gasteiger partial charge in [-0.15, -0.1) is 12.4 Å². The van der Waals surface area contributed by atoms with Gasteiger partial charge in [0, 0.05) is 25.2 Å². The molecule has 0 saturated carbocycles. The number of hydrogen-bond acceptors (Lipinski definition) is 5. The highest BCUT2D eigenvalue weighted by molar-refractivity contribution is 5.85. The van der Waals surface area contributed by atoms with Crippen LogP contribution < -0.4 is 16.4 Å². The van der Waals surface area contributed by atoms with Gasteiger partial charge >= 0.3 is 5.97 Å². The molecule has 0 aromatic heterocycles. The molecule has 4 N–H and O–H groups in total. The maximum absolute atomic E-state index is 12.3. The fourth-order valence-electron chi connectivity index (χ4n) is 3.74. The molecule has 2 aromatic rings. The summed E-state index contributed by atoms with van der Waals surface area (Å²) in [5, 5.41) is 7.05. The van der Waals surface area contributed by atoms with Crippen molar-refractivity contribution in [3.63, 3.8) is 0 Å². The summed E-state index contributed by atoms with van der Waals surface area (Å²) in [6.45, 7) is 5.88. The average molecular weight is 462 g/mol. The molecule has 0 aliphatic carbocycles. The number of benzene rings is 2. The molecule has 0 amide bonds. The maximum atomic E-state index is 12.3. The van der Waals surface area contributed by atoms with Crippen molar-refractivity contribution in [3.05, 3.63) is 71.8 Å². The van der Waals surface area contributed by atoms with Gasteiger partial charge in [-0.3, -0.25) is 4.79 Å². The summed E-state index contributed by atoms with van der Waals surface area (Å²) in [4.78, 5) is 12.3. The van der Waals surface area contributed by atoms with Gasteiger partial charge in [-0.05, 0) is 42.7 Å². The molecule has 0 bridgehead atoms. The van der Waals surface area contributed by atoms with Crippen LogP contribution >= 0.6 is 12.4 Å². The minimum atomic E-state index is -0.365. The first-order valence-electron chi connectivity index (χ1n) is 11.4. The number of halogens is 1. The lowest BCUT2D eigenvalue weighted by atomic mass is 10.0. The quantitative estimate of drug-likeness (QED) is 0.373. The molecule has 5 nitrogen and oxygen atoms in total. The summed E-state index contributed by atoms with van der Waals surface area (Å²) >= 11 is 0. The number of nitrogens with two attached hydrogens (primary N) is 1. The molecule has 2 aromatic carbocycles. The first kappa shape index (κ1) is 28.1. The zero-order valence-electron chi connectivity index (χ0n) is 19.6. The Kier molecular flexibility index (Phi) is 13.9. The van der Waals surface area contributed by atoms with Crippen LogP contribution in [0.1, 0.15) is 37.8 Å². The molecular formula is C26H40ClN3O2. The Morgan fingerprint density at radius 2 is 1.53 bits per heavy atom. The van der Waals surface area contributed by atoms with Gasteiger partial charge < -0.3 is 21.1 Å². The van der Waals surface area contributed by atoms with Crippen molar-refractivity contribution in [2.24, 2.45) is 11.7 Å². The third kappa shape index (κ3) is 11.1. The molecule has 0 spiro atoms. The van der Waals surface area contributed by atoms with Crippen LogP contribution in [0.25, 0.3) is 0 Å². The molecule has 0 aliphatic rings. The van der Waals surface area contributed by atoms with E-state index in [1.165, 1.54) is 12.7 Å². The third-order valence-corrected chi connectivity index (χ3v) is 5.45. The highest BCUT2D eigenvalue weighted by atomic mass is 35.5. The zero-order chi connectivity index (χ0) is 22.5. The van der Waals surface area contributed by atoms with Gasteiger partial charge in [-0.2, -0.15) is 0 Å². The summed E-state index contributed by atoms with van der Waals surface area (Å²) in [5.41, 5.74) is 8.80. The van der Waals surface area contributed by atoms with Crippen LogP contribution in [0.3, 0.4) is 0 Å². The molecule has 178 valence electrons. The fourth-order valence-corrected chi connectivity index (χ4v) is 3.74. The topological polar surface area (TPSA) is 76.4 Å². The predicted octanol–water partition coefficient (Wildman–Crippen LogP) is 3.75. The van der Waals surface area contributed by atoms with E-state index >= 15 is 0 Å². The standard InChI is InChI=1S/C26H39N3O2.ClH/c1-20(2)16-24(28-18-23(27)15-14-21-10-6-4-7-11-21)19-29-25(26(30)31-3)17-22-12-8-5-9-13-22;/h4-13,20,23-25,28-29H,14-19,27H2,1-3H3;1H/t23-,24-,25-;/m0./s1. The van der Waals surface area contributed by atoms with E-state index in [1.54, 1.807) is 0 Å². The van der Waals surface area contributed by atoms with Crippen LogP contribution in [-0.4, -0.2) is 44.3 Å². The molecule has 0 unspecified atom stereocenters. The van der Waals surface area contributed by atoms with Gasteiger partial charge in [0.2, 0.25) is 0 Å². The van der Waals surface area contributed by atoms with Gasteiger partial charge in [0.15, 0.2) is 0 Å². The smallest absolute Gasteiger partial charge is 0.323 e. The van der Waals surface area contributed by atoms with Crippen molar-refractivity contribution in [1.82, 2.24) is 10.6 Å². The molecule has 0 saturated heterocycles. The number of aryl methyl sites for hydroxylation is 1. The summed E-state index contributed by atoms with van der Waals surface area (Å²) in [6.07, 6.45) is 3.55. The SMILES string of the molecule is COC(=O)[C@H](Cc1ccccc1)NC[C@H](CC(C)C)NC[C@@H](N)CCc1ccccc1.Cl. The van der Waals surface area contributed by atoms with E-state index in [1.807, 2.05) is 36.4 Å². The van der Waals surface area contributed by atoms with E-state index in [2.05, 4.69) is 48.7 Å². The molecule has 3 atom stereocenters. The second-order valence-corrected chi connectivity index (χ2v) is 8.69. The second kappa shape index (κ2) is 15.8. The Bertz CT molecular complexity index is 743. The lowest BCUT2D eigenvalue weighted by Crippen LogP contribution is -2.49. The molecule has 0 fully saturated rings. The van der Waals surface area contributed by atoms with Crippen LogP contribution in [0.4, 0.5) is 0 Å². The zero-order valence-corrected chi connectivity index (χ0v) is 20.4. The van der Waals surface area contributed by atoms with Crippen molar-refractivity contribution in [2.75, 3.05) is 20.2 Å². The maximum Gasteiger partial charge on any atom is 0.323 e. The Morgan fingerprint density at radius 1 is 0.938 bits per heavy atom. The summed E-state index contributed by atoms with van der Waals surface area (Å²) in [5.74, 6) is 0.317. The van der Waals surface area contributed by atoms with Crippen LogP contribution in [0.15, 0.2) is 60.7 Å². The number of hydrogen-bond donors (Lipinski definition) is 3. The van der Waals surface area contributed by atoms with Gasteiger partial charge in [0.25, 0.3) is 0 Å². The third-order valence-electron chi connectivity index (χ3n) is 5.45. The van der Waals surface area contributed by atoms with E-state index in [0.29, 0.717) is 18.9 Å². The van der Waals surface area contributed by atoms with E-state index in [4.69, 9.17) is 10.5 Å². The Hall–Kier alpha value is -1.92. The van der Waals surface area contributed by atoms with Crippen molar-refractivity contribution >= 4 is 18.4 Å². The summed E-state index contributed by atoms with van der Waals surface area (Å²) in [7, 11) is 1.44. The number of carbonyl (C=O) groups is 1. The van der Waals surface area contributed by atoms with E-state index < -0.39 is 0 Å². The monoisotopic (exact) mass is 461 g/mol. The first-order valence-corrected chi connectivity index (χ1v) is 11.4. The highest BCUT2D eigenvalue weighted by Crippen LogP contribution is 2.08. The molecule has 6 heteroatoms. The Morgan fingerprint density at radius 3 is 2.09 bits per heavy atom. The first-order chi connectivity index (χ1) is 15.0. The number of esters is 1. The van der Waals surface area contributed by atoms with Crippen LogP contribution in [0.2, 0.25) is 0 Å². The molecular weight excluding hydrogens is 422 g/mol. The predicted molar refractivity (Wildman–Crippen MR) is 135 cm³/mol. The van der Waals surface area contributed by atoms with Gasteiger partial charge in [0.1, 0.15) is 6.04 Å². The number of methoxy groups -OCH3 is 1. The largest absolute Gasteiger partial charge is 0.468 e. The van der Waals surface area contributed by atoms with Crippen molar-refractivity contribution in [1.29, 1.82) is 0 Å². The molecule has 2 rings (SSSR count). The molecule has 0 heterocycles. The van der Waals surface area contributed by atoms with Gasteiger partial charge in [0.05, 0.1) is 7.11 Å². The number of ether oxygens (including phenoxy) is 1. The van der Waals surface area contributed by atoms with Gasteiger partial charge in [-0.25, -0.2) is 0 Å². The summed E-state index contributed by atoms with van der Waals surface area (Å²) < 4.78 is 5.03. The summed E-state index contributed by atoms with van der Waals surface area (Å²) in [6, 6.07) is 20.5. The normalized spacial score (nSPS) is 13.8. The van der Waals surface area contributed by atoms with Crippen LogP contribution in [-0.2, 0) is 22.4 Å². The van der Waals surface area contributed by atoms with E-state index in [-0.39, 0.29) is 36.5 Å². The number of carbonyl (C=O) groups excluding carboxylic acids is 1. The Balaban J connectivity index is 0.00000512. The highest BCUT2D eigenvalue weighted by Gasteiger charge is 2.21. The number of rotatable bonds is 14. The van der Waals surface area contributed by atoms with E-state index in [0.717, 1.165) is 31.4 Å². The Labute approximate surface area is 199 Å². The van der Waals surface area contributed by atoms with Crippen molar-refractivity contribution < 1.29 is 9.53 Å².